The van der Waals surface area contributed by atoms with Gasteiger partial charge in [-0.3, -0.25) is 4.79 Å². The van der Waals surface area contributed by atoms with Gasteiger partial charge in [-0.2, -0.15) is 5.26 Å². The van der Waals surface area contributed by atoms with E-state index in [2.05, 4.69) is 0 Å². The van der Waals surface area contributed by atoms with Gasteiger partial charge in [0, 0.05) is 12.8 Å². The number of fused-ring (bicyclic) bond motifs is 1. The van der Waals surface area contributed by atoms with Crippen molar-refractivity contribution >= 4 is 23.5 Å². The van der Waals surface area contributed by atoms with Gasteiger partial charge in [0.15, 0.2) is 15.6 Å². The number of nitrogens with zero attached hydrogens (tertiary/aromatic N) is 2. The number of carbonyl (C=O) groups excluding carboxylic acids is 1. The molecular formula is C11H9BN2O3S. The van der Waals surface area contributed by atoms with Crippen LogP contribution < -0.4 is 0 Å². The van der Waals surface area contributed by atoms with E-state index < -0.39 is 21.7 Å². The monoisotopic (exact) mass is 260 g/mol. The Kier molecular flexibility index (Phi) is 2.91. The summed E-state index contributed by atoms with van der Waals surface area (Å²) in [5.41, 5.74) is 1.27. The van der Waals surface area contributed by atoms with Gasteiger partial charge in [0.1, 0.15) is 6.04 Å². The Balaban J connectivity index is 2.52. The van der Waals surface area contributed by atoms with Gasteiger partial charge in [-0.15, -0.1) is 0 Å². The van der Waals surface area contributed by atoms with Crippen molar-refractivity contribution in [1.82, 2.24) is 4.90 Å². The fourth-order valence-electron chi connectivity index (χ4n) is 2.00. The van der Waals surface area contributed by atoms with E-state index in [9.17, 15) is 13.2 Å². The number of benzene rings is 1. The van der Waals surface area contributed by atoms with Crippen molar-refractivity contribution in [3.8, 4) is 6.07 Å². The first-order valence-corrected chi connectivity index (χ1v) is 7.02. The molecule has 1 aromatic rings. The molecule has 7 heteroatoms. The summed E-state index contributed by atoms with van der Waals surface area (Å²) in [6, 6.07) is 5.72. The Morgan fingerprint density at radius 2 is 2.22 bits per heavy atom. The highest BCUT2D eigenvalue weighted by Gasteiger charge is 2.32. The number of carbonyl (C=O) groups is 1. The zero-order chi connectivity index (χ0) is 13.5. The van der Waals surface area contributed by atoms with Crippen molar-refractivity contribution in [2.45, 2.75) is 17.5 Å². The maximum atomic E-state index is 11.4. The van der Waals surface area contributed by atoms with E-state index in [1.54, 1.807) is 6.07 Å². The lowest BCUT2D eigenvalue weighted by molar-refractivity contribution is 0.216. The molecule has 18 heavy (non-hydrogen) atoms. The largest absolute Gasteiger partial charge is 0.328 e. The van der Waals surface area contributed by atoms with E-state index in [0.717, 1.165) is 6.26 Å². The van der Waals surface area contributed by atoms with Crippen molar-refractivity contribution in [3.05, 3.63) is 29.3 Å². The fourth-order valence-corrected chi connectivity index (χ4v) is 2.68. The zero-order valence-corrected chi connectivity index (χ0v) is 10.4. The summed E-state index contributed by atoms with van der Waals surface area (Å²) in [6.07, 6.45) is 1.11. The van der Waals surface area contributed by atoms with Gasteiger partial charge in [-0.05, 0) is 23.3 Å². The maximum absolute atomic E-state index is 11.4. The SMILES string of the molecule is [B]C(=O)N1Cc2cc(S(C)(=O)=O)ccc2C1C#N. The third-order valence-corrected chi connectivity index (χ3v) is 4.01. The first-order valence-electron chi connectivity index (χ1n) is 5.13. The lowest BCUT2D eigenvalue weighted by Crippen LogP contribution is -2.27. The predicted octanol–water partition coefficient (Wildman–Crippen LogP) is 0.759. The van der Waals surface area contributed by atoms with Gasteiger partial charge < -0.3 is 4.90 Å². The second-order valence-corrected chi connectivity index (χ2v) is 6.15. The summed E-state index contributed by atoms with van der Waals surface area (Å²) in [4.78, 5) is 12.6. The molecule has 0 N–H and O–H groups in total. The summed E-state index contributed by atoms with van der Waals surface area (Å²) in [5.74, 6) is -0.696. The molecule has 0 bridgehead atoms. The van der Waals surface area contributed by atoms with Gasteiger partial charge in [-0.1, -0.05) is 6.07 Å². The van der Waals surface area contributed by atoms with E-state index in [1.165, 1.54) is 17.0 Å². The van der Waals surface area contributed by atoms with Gasteiger partial charge in [0.05, 0.1) is 11.0 Å². The smallest absolute Gasteiger partial charge is 0.200 e. The van der Waals surface area contributed by atoms with Gasteiger partial charge in [0.2, 0.25) is 7.85 Å². The maximum Gasteiger partial charge on any atom is 0.200 e. The minimum absolute atomic E-state index is 0.159. The number of nitriles is 1. The highest BCUT2D eigenvalue weighted by molar-refractivity contribution is 7.90. The first kappa shape index (κ1) is 12.6. The summed E-state index contributed by atoms with van der Waals surface area (Å²) >= 11 is 0. The average molecular weight is 260 g/mol. The van der Waals surface area contributed by atoms with Crippen molar-refractivity contribution in [2.75, 3.05) is 6.26 Å². The van der Waals surface area contributed by atoms with Crippen LogP contribution in [0.15, 0.2) is 23.1 Å². The Bertz CT molecular complexity index is 663. The molecule has 0 fully saturated rings. The summed E-state index contributed by atoms with van der Waals surface area (Å²) in [7, 11) is 1.88. The van der Waals surface area contributed by atoms with Gasteiger partial charge in [-0.25, -0.2) is 8.42 Å². The molecule has 0 spiro atoms. The molecule has 2 rings (SSSR count). The Labute approximate surface area is 106 Å². The number of rotatable bonds is 1. The van der Waals surface area contributed by atoms with Crippen LogP contribution in [-0.2, 0) is 16.4 Å². The van der Waals surface area contributed by atoms with Gasteiger partial charge >= 0.3 is 0 Å². The van der Waals surface area contributed by atoms with Crippen LogP contribution in [0.2, 0.25) is 0 Å². The van der Waals surface area contributed by atoms with Crippen LogP contribution in [0.4, 0.5) is 4.79 Å². The molecule has 1 atom stereocenters. The molecular weight excluding hydrogens is 251 g/mol. The van der Waals surface area contributed by atoms with Crippen LogP contribution in [0.1, 0.15) is 17.2 Å². The second-order valence-electron chi connectivity index (χ2n) is 4.13. The molecule has 0 saturated carbocycles. The molecule has 1 amide bonds. The number of hydrogen-bond acceptors (Lipinski definition) is 4. The number of hydrogen-bond donors (Lipinski definition) is 0. The topological polar surface area (TPSA) is 78.2 Å². The van der Waals surface area contributed by atoms with Crippen LogP contribution in [-0.4, -0.2) is 33.2 Å². The average Bonchev–Trinajstić information content (AvgIpc) is 2.65. The summed E-state index contributed by atoms with van der Waals surface area (Å²) < 4.78 is 22.9. The van der Waals surface area contributed by atoms with Crippen molar-refractivity contribution in [1.29, 1.82) is 5.26 Å². The standard InChI is InChI=1S/C11H9BN2O3S/c1-18(16,17)8-2-3-9-7(4-8)6-14(11(12)15)10(9)5-13/h2-4,10H,6H2,1H3. The van der Waals surface area contributed by atoms with Crippen LogP contribution in [0.5, 0.6) is 0 Å². The number of amides is 1. The molecule has 0 aromatic heterocycles. The van der Waals surface area contributed by atoms with Crippen LogP contribution in [0, 0.1) is 11.3 Å². The molecule has 1 unspecified atom stereocenters. The van der Waals surface area contributed by atoms with Crippen molar-refractivity contribution in [3.63, 3.8) is 0 Å². The third-order valence-electron chi connectivity index (χ3n) is 2.89. The molecule has 0 aliphatic carbocycles. The lowest BCUT2D eigenvalue weighted by Gasteiger charge is -2.17. The van der Waals surface area contributed by atoms with Crippen LogP contribution in [0.3, 0.4) is 0 Å². The minimum Gasteiger partial charge on any atom is -0.328 e. The normalized spacial score (nSPS) is 18.2. The Morgan fingerprint density at radius 3 is 2.72 bits per heavy atom. The van der Waals surface area contributed by atoms with Crippen LogP contribution in [0.25, 0.3) is 0 Å². The second kappa shape index (κ2) is 4.14. The van der Waals surface area contributed by atoms with E-state index >= 15 is 0 Å². The molecule has 90 valence electrons. The van der Waals surface area contributed by atoms with E-state index in [1.807, 2.05) is 6.07 Å². The molecule has 1 aliphatic heterocycles. The van der Waals surface area contributed by atoms with Crippen molar-refractivity contribution in [2.24, 2.45) is 0 Å². The minimum atomic E-state index is -3.30. The fraction of sp³-hybridized carbons (Fsp3) is 0.273. The highest BCUT2D eigenvalue weighted by Crippen LogP contribution is 2.34. The predicted molar refractivity (Wildman–Crippen MR) is 64.6 cm³/mol. The first-order chi connectivity index (χ1) is 8.34. The number of sulfone groups is 1. The van der Waals surface area contributed by atoms with E-state index in [-0.39, 0.29) is 11.4 Å². The van der Waals surface area contributed by atoms with E-state index in [4.69, 9.17) is 13.1 Å². The van der Waals surface area contributed by atoms with Crippen LogP contribution >= 0.6 is 0 Å². The Hall–Kier alpha value is -1.81. The molecule has 1 aliphatic rings. The quantitative estimate of drug-likeness (QED) is 0.698. The van der Waals surface area contributed by atoms with Crippen molar-refractivity contribution < 1.29 is 13.2 Å². The lowest BCUT2D eigenvalue weighted by atomic mass is 10.0. The van der Waals surface area contributed by atoms with E-state index in [0.29, 0.717) is 11.1 Å². The highest BCUT2D eigenvalue weighted by atomic mass is 32.2. The molecule has 2 radical (unpaired) electrons. The molecule has 1 heterocycles. The Morgan fingerprint density at radius 1 is 1.56 bits per heavy atom. The molecule has 1 aromatic carbocycles. The summed E-state index contributed by atoms with van der Waals surface area (Å²) in [6.45, 7) is 0.159. The molecule has 0 saturated heterocycles. The van der Waals surface area contributed by atoms with Gasteiger partial charge in [0.25, 0.3) is 0 Å². The zero-order valence-electron chi connectivity index (χ0n) is 9.62. The molecule has 5 nitrogen and oxygen atoms in total. The summed E-state index contributed by atoms with van der Waals surface area (Å²) in [5, 5.41) is 9.04. The third kappa shape index (κ3) is 2.00.